The van der Waals surface area contributed by atoms with Gasteiger partial charge >= 0.3 is 0 Å². The number of hydrogen-bond donors (Lipinski definition) is 1. The Kier molecular flexibility index (Phi) is 6.38. The molecule has 0 amide bonds. The average Bonchev–Trinajstić information content (AvgIpc) is 2.75. The van der Waals surface area contributed by atoms with Crippen LogP contribution in [-0.2, 0) is 6.54 Å². The number of halogens is 1. The normalized spacial score (nSPS) is 27.2. The highest BCUT2D eigenvalue weighted by molar-refractivity contribution is 7.16. The standard InChI is InChI=1S/C17H29ClN4OS/c1-20(2)17-19-16(18)15(24-17)12-21-10-7-13(14(23)11-21)22-8-5-3-4-6-9-22/h13-14,23H,3-12H2,1-2H3/t13-,14-/m1/s1. The largest absolute Gasteiger partial charge is 0.390 e. The first-order valence-electron chi connectivity index (χ1n) is 9.01. The molecule has 0 aliphatic carbocycles. The predicted molar refractivity (Wildman–Crippen MR) is 101 cm³/mol. The van der Waals surface area contributed by atoms with Crippen molar-refractivity contribution in [2.24, 2.45) is 0 Å². The zero-order valence-electron chi connectivity index (χ0n) is 14.7. The summed E-state index contributed by atoms with van der Waals surface area (Å²) in [6.45, 7) is 4.83. The van der Waals surface area contributed by atoms with Crippen LogP contribution in [0.3, 0.4) is 0 Å². The van der Waals surface area contributed by atoms with Crippen LogP contribution in [0.5, 0.6) is 0 Å². The van der Waals surface area contributed by atoms with Crippen molar-refractivity contribution in [1.29, 1.82) is 0 Å². The van der Waals surface area contributed by atoms with E-state index in [1.165, 1.54) is 25.7 Å². The van der Waals surface area contributed by atoms with Gasteiger partial charge in [-0.05, 0) is 32.4 Å². The van der Waals surface area contributed by atoms with Gasteiger partial charge in [-0.25, -0.2) is 4.98 Å². The van der Waals surface area contributed by atoms with Crippen molar-refractivity contribution in [1.82, 2.24) is 14.8 Å². The monoisotopic (exact) mass is 372 g/mol. The first-order valence-corrected chi connectivity index (χ1v) is 10.2. The molecule has 1 N–H and O–H groups in total. The predicted octanol–water partition coefficient (Wildman–Crippen LogP) is 2.67. The van der Waals surface area contributed by atoms with Gasteiger partial charge in [0.25, 0.3) is 0 Å². The minimum Gasteiger partial charge on any atom is -0.390 e. The molecule has 136 valence electrons. The molecule has 0 saturated carbocycles. The quantitative estimate of drug-likeness (QED) is 0.880. The number of aliphatic hydroxyl groups is 1. The number of anilines is 1. The number of β-amino-alcohol motifs (C(OH)–C–C–N with tert-alkyl or cyclic N) is 1. The first kappa shape index (κ1) is 18.4. The molecule has 3 heterocycles. The Bertz CT molecular complexity index is 531. The Morgan fingerprint density at radius 1 is 1.21 bits per heavy atom. The van der Waals surface area contributed by atoms with Crippen LogP contribution in [0, 0.1) is 0 Å². The number of thiazole rings is 1. The molecule has 5 nitrogen and oxygen atoms in total. The van der Waals surface area contributed by atoms with Gasteiger partial charge < -0.3 is 10.0 Å². The Morgan fingerprint density at radius 2 is 1.92 bits per heavy atom. The summed E-state index contributed by atoms with van der Waals surface area (Å²) in [5.41, 5.74) is 0. The van der Waals surface area contributed by atoms with Crippen molar-refractivity contribution in [2.75, 3.05) is 45.2 Å². The molecule has 0 unspecified atom stereocenters. The molecule has 2 fully saturated rings. The molecule has 7 heteroatoms. The van der Waals surface area contributed by atoms with Gasteiger partial charge in [-0.15, -0.1) is 0 Å². The highest BCUT2D eigenvalue weighted by Gasteiger charge is 2.32. The summed E-state index contributed by atoms with van der Waals surface area (Å²) >= 11 is 7.93. The summed E-state index contributed by atoms with van der Waals surface area (Å²) < 4.78 is 0. The van der Waals surface area contributed by atoms with Gasteiger partial charge in [0.05, 0.1) is 11.0 Å². The van der Waals surface area contributed by atoms with E-state index in [9.17, 15) is 5.11 Å². The van der Waals surface area contributed by atoms with Crippen LogP contribution in [0.15, 0.2) is 0 Å². The van der Waals surface area contributed by atoms with Crippen molar-refractivity contribution in [3.05, 3.63) is 10.0 Å². The lowest BCUT2D eigenvalue weighted by Gasteiger charge is -2.41. The fourth-order valence-corrected chi connectivity index (χ4v) is 5.02. The van der Waals surface area contributed by atoms with E-state index in [2.05, 4.69) is 14.8 Å². The smallest absolute Gasteiger partial charge is 0.186 e. The average molecular weight is 373 g/mol. The number of rotatable bonds is 4. The molecule has 0 aromatic carbocycles. The lowest BCUT2D eigenvalue weighted by molar-refractivity contribution is -0.0141. The molecule has 1 aromatic heterocycles. The fourth-order valence-electron chi connectivity index (χ4n) is 3.79. The Morgan fingerprint density at radius 3 is 2.50 bits per heavy atom. The van der Waals surface area contributed by atoms with Crippen LogP contribution in [0.1, 0.15) is 37.0 Å². The fraction of sp³-hybridized carbons (Fsp3) is 0.824. The number of nitrogens with zero attached hydrogens (tertiary/aromatic N) is 4. The number of piperidine rings is 1. The number of likely N-dealkylation sites (tertiary alicyclic amines) is 2. The summed E-state index contributed by atoms with van der Waals surface area (Å²) in [6.07, 6.45) is 6.00. The highest BCUT2D eigenvalue weighted by atomic mass is 35.5. The van der Waals surface area contributed by atoms with Crippen molar-refractivity contribution in [2.45, 2.75) is 50.8 Å². The van der Waals surface area contributed by atoms with Crippen LogP contribution in [0.2, 0.25) is 5.15 Å². The Labute approximate surface area is 154 Å². The zero-order chi connectivity index (χ0) is 17.1. The van der Waals surface area contributed by atoms with E-state index in [1.807, 2.05) is 19.0 Å². The third kappa shape index (κ3) is 4.41. The second-order valence-corrected chi connectivity index (χ2v) is 8.63. The third-order valence-corrected chi connectivity index (χ3v) is 6.76. The van der Waals surface area contributed by atoms with Crippen LogP contribution in [0.4, 0.5) is 5.13 Å². The van der Waals surface area contributed by atoms with Gasteiger partial charge in [-0.3, -0.25) is 9.80 Å². The molecular formula is C17H29ClN4OS. The second kappa shape index (κ2) is 8.32. The summed E-state index contributed by atoms with van der Waals surface area (Å²) in [6, 6.07) is 0.327. The van der Waals surface area contributed by atoms with E-state index in [-0.39, 0.29) is 6.10 Å². The van der Waals surface area contributed by atoms with Gasteiger partial charge in [0.1, 0.15) is 5.15 Å². The molecule has 2 aliphatic rings. The molecule has 0 bridgehead atoms. The van der Waals surface area contributed by atoms with Gasteiger partial charge in [0.15, 0.2) is 5.13 Å². The molecule has 2 aliphatic heterocycles. The van der Waals surface area contributed by atoms with Gasteiger partial charge in [0.2, 0.25) is 0 Å². The third-order valence-electron chi connectivity index (χ3n) is 5.13. The lowest BCUT2D eigenvalue weighted by atomic mass is 9.99. The molecule has 0 radical (unpaired) electrons. The summed E-state index contributed by atoms with van der Waals surface area (Å²) in [7, 11) is 3.96. The maximum Gasteiger partial charge on any atom is 0.186 e. The molecule has 1 aromatic rings. The summed E-state index contributed by atoms with van der Waals surface area (Å²) in [4.78, 5) is 12.3. The molecule has 2 saturated heterocycles. The summed E-state index contributed by atoms with van der Waals surface area (Å²) in [5.74, 6) is 0. The molecule has 24 heavy (non-hydrogen) atoms. The van der Waals surface area contributed by atoms with E-state index in [0.717, 1.165) is 49.2 Å². The van der Waals surface area contributed by atoms with Crippen LogP contribution >= 0.6 is 22.9 Å². The van der Waals surface area contributed by atoms with Crippen molar-refractivity contribution < 1.29 is 5.11 Å². The maximum atomic E-state index is 10.7. The van der Waals surface area contributed by atoms with Crippen LogP contribution in [0.25, 0.3) is 0 Å². The van der Waals surface area contributed by atoms with Crippen molar-refractivity contribution in [3.63, 3.8) is 0 Å². The van der Waals surface area contributed by atoms with Crippen molar-refractivity contribution in [3.8, 4) is 0 Å². The van der Waals surface area contributed by atoms with Gasteiger partial charge in [0, 0.05) is 39.8 Å². The minimum atomic E-state index is -0.267. The number of aromatic nitrogens is 1. The van der Waals surface area contributed by atoms with E-state index >= 15 is 0 Å². The minimum absolute atomic E-state index is 0.267. The van der Waals surface area contributed by atoms with E-state index < -0.39 is 0 Å². The van der Waals surface area contributed by atoms with Crippen molar-refractivity contribution >= 4 is 28.1 Å². The number of hydrogen-bond acceptors (Lipinski definition) is 6. The zero-order valence-corrected chi connectivity index (χ0v) is 16.3. The first-order chi connectivity index (χ1) is 11.5. The molecule has 2 atom stereocenters. The SMILES string of the molecule is CN(C)c1nc(Cl)c(CN2CC[C@@H](N3CCCCCC3)[C@H](O)C2)s1. The maximum absolute atomic E-state index is 10.7. The summed E-state index contributed by atoms with van der Waals surface area (Å²) in [5, 5.41) is 12.2. The Hall–Kier alpha value is -0.400. The number of aliphatic hydroxyl groups excluding tert-OH is 1. The Balaban J connectivity index is 1.57. The van der Waals surface area contributed by atoms with Gasteiger partial charge in [-0.1, -0.05) is 35.8 Å². The van der Waals surface area contributed by atoms with Crippen LogP contribution in [-0.4, -0.2) is 72.3 Å². The van der Waals surface area contributed by atoms with E-state index in [0.29, 0.717) is 11.2 Å². The van der Waals surface area contributed by atoms with E-state index in [1.54, 1.807) is 11.3 Å². The molecule has 0 spiro atoms. The highest BCUT2D eigenvalue weighted by Crippen LogP contribution is 2.31. The lowest BCUT2D eigenvalue weighted by Crippen LogP contribution is -2.54. The molecule has 3 rings (SSSR count). The topological polar surface area (TPSA) is 42.8 Å². The second-order valence-electron chi connectivity index (χ2n) is 7.21. The molecular weight excluding hydrogens is 344 g/mol. The van der Waals surface area contributed by atoms with Crippen LogP contribution < -0.4 is 4.90 Å². The van der Waals surface area contributed by atoms with Gasteiger partial charge in [-0.2, -0.15) is 0 Å². The van der Waals surface area contributed by atoms with E-state index in [4.69, 9.17) is 11.6 Å².